The fourth-order valence-electron chi connectivity index (χ4n) is 9.65. The number of halogens is 4. The number of allylic oxidation sites excluding steroid dienone is 2. The van der Waals surface area contributed by atoms with Crippen LogP contribution in [0.15, 0.2) is 73.0 Å². The monoisotopic (exact) mass is 916 g/mol. The molecular formula is C34H44Cl4N8Pd2-4. The fourth-order valence-corrected chi connectivity index (χ4v) is 9.65. The van der Waals surface area contributed by atoms with Gasteiger partial charge >= 0.3 is 70.0 Å². The average Bonchev–Trinajstić information content (AvgIpc) is 3.93. The molecule has 0 aromatic carbocycles. The Morgan fingerprint density at radius 1 is 0.583 bits per heavy atom. The molecule has 14 heteroatoms. The Morgan fingerprint density at radius 2 is 1.00 bits per heavy atom. The SMILES string of the molecule is C1=C[N-]C2C(=C1)C=CN2C1CC(N2C=CC3CCC[N-]C32)C(N2C=CC3CCC[N-]C32)CC1N1C=CC2CCC[N-]C21.[Cl][Pd][Cl].[Cl][Pd][Cl]. The summed E-state index contributed by atoms with van der Waals surface area (Å²) < 4.78 is 0. The first-order valence-corrected chi connectivity index (χ1v) is 25.2. The van der Waals surface area contributed by atoms with Gasteiger partial charge in [0.25, 0.3) is 0 Å². The van der Waals surface area contributed by atoms with Crippen molar-refractivity contribution in [2.24, 2.45) is 17.8 Å². The molecule has 9 rings (SSSR count). The third-order valence-corrected chi connectivity index (χ3v) is 11.6. The number of piperidine rings is 3. The zero-order chi connectivity index (χ0) is 33.0. The summed E-state index contributed by atoms with van der Waals surface area (Å²) in [6.45, 7) is 2.98. The van der Waals surface area contributed by atoms with Crippen LogP contribution in [0.1, 0.15) is 51.4 Å². The number of hydrogen-bond acceptors (Lipinski definition) is 4. The first kappa shape index (κ1) is 36.2. The van der Waals surface area contributed by atoms with Gasteiger partial charge in [0.05, 0.1) is 0 Å². The van der Waals surface area contributed by atoms with Gasteiger partial charge in [-0.1, -0.05) is 68.1 Å². The van der Waals surface area contributed by atoms with Gasteiger partial charge in [0.2, 0.25) is 0 Å². The van der Waals surface area contributed by atoms with Crippen LogP contribution in [0.25, 0.3) is 21.3 Å². The Labute approximate surface area is 319 Å². The first-order chi connectivity index (χ1) is 23.7. The molecule has 8 nitrogen and oxygen atoms in total. The Kier molecular flexibility index (Phi) is 12.9. The van der Waals surface area contributed by atoms with Crippen LogP contribution in [-0.4, -0.2) is 88.1 Å². The minimum atomic E-state index is -0.106. The summed E-state index contributed by atoms with van der Waals surface area (Å²) in [5, 5.41) is 20.7. The zero-order valence-corrected chi connectivity index (χ0v) is 32.8. The zero-order valence-electron chi connectivity index (χ0n) is 26.7. The molecular weight excluding hydrogens is 875 g/mol. The van der Waals surface area contributed by atoms with E-state index < -0.39 is 0 Å². The molecule has 0 amide bonds. The van der Waals surface area contributed by atoms with Crippen LogP contribution in [0.2, 0.25) is 0 Å². The second-order valence-corrected chi connectivity index (χ2v) is 18.6. The van der Waals surface area contributed by atoms with Gasteiger partial charge in [-0.25, -0.2) is 0 Å². The number of rotatable bonds is 4. The van der Waals surface area contributed by atoms with E-state index in [-0.39, 0.29) is 56.5 Å². The molecule has 0 aromatic heterocycles. The second-order valence-electron chi connectivity index (χ2n) is 13.9. The molecule has 0 bridgehead atoms. The fraction of sp³-hybridized carbons (Fsp3) is 0.647. The van der Waals surface area contributed by atoms with Crippen LogP contribution >= 0.6 is 38.1 Å². The van der Waals surface area contributed by atoms with Crippen molar-refractivity contribution in [3.8, 4) is 0 Å². The molecule has 0 radical (unpaired) electrons. The molecule has 8 heterocycles. The van der Waals surface area contributed by atoms with Crippen LogP contribution in [-0.2, 0) is 31.9 Å². The summed E-state index contributed by atoms with van der Waals surface area (Å²) in [6, 6.07) is 1.42. The predicted octanol–water partition coefficient (Wildman–Crippen LogP) is 8.81. The van der Waals surface area contributed by atoms with Gasteiger partial charge in [-0.05, 0) is 92.5 Å². The maximum atomic E-state index is 5.23. The van der Waals surface area contributed by atoms with Gasteiger partial charge in [-0.2, -0.15) is 6.20 Å². The number of hydrogen-bond donors (Lipinski definition) is 0. The standard InChI is InChI=1S/C34H44N8.4ClH.2Pd/c1-5-23-9-17-39(31(23)35-13-1)27-21-29(41-19-11-25-7-3-15-37-33(25)41)30(42-20-12-26-8-4-16-38-34(26)42)22-28(27)40-18-10-24-6-2-14-36-32(24)40;;;;;;/h1,5,9-13,17-20,24-34H,2-4,6-8,14-16,21-22H2;4*1H;;/q-4;;;;;2*+2/p-4. The van der Waals surface area contributed by atoms with Gasteiger partial charge in [-0.3, -0.25) is 0 Å². The molecule has 48 heavy (non-hydrogen) atoms. The van der Waals surface area contributed by atoms with Crippen LogP contribution in [0.3, 0.4) is 0 Å². The number of fused-ring (bicyclic) bond motifs is 4. The molecule has 272 valence electrons. The molecule has 0 aromatic rings. The van der Waals surface area contributed by atoms with E-state index in [1.165, 1.54) is 44.1 Å². The van der Waals surface area contributed by atoms with Crippen LogP contribution in [0.4, 0.5) is 0 Å². The van der Waals surface area contributed by atoms with E-state index in [4.69, 9.17) is 59.4 Å². The molecule has 11 unspecified atom stereocenters. The van der Waals surface area contributed by atoms with E-state index in [2.05, 4.69) is 80.9 Å². The first-order valence-electron chi connectivity index (χ1n) is 17.2. The maximum absolute atomic E-state index is 5.23. The summed E-state index contributed by atoms with van der Waals surface area (Å²) >= 11 is -0.211. The van der Waals surface area contributed by atoms with Crippen molar-refractivity contribution in [3.05, 3.63) is 94.3 Å². The molecule has 11 atom stereocenters. The number of nitrogens with zero attached hydrogens (tertiary/aromatic N) is 8. The molecule has 0 spiro atoms. The van der Waals surface area contributed by atoms with Gasteiger partial charge in [0.15, 0.2) is 0 Å². The van der Waals surface area contributed by atoms with E-state index >= 15 is 0 Å². The van der Waals surface area contributed by atoms with Crippen molar-refractivity contribution in [1.82, 2.24) is 19.6 Å². The predicted molar refractivity (Wildman–Crippen MR) is 190 cm³/mol. The van der Waals surface area contributed by atoms with Gasteiger partial charge in [0.1, 0.15) is 0 Å². The average molecular weight is 919 g/mol. The van der Waals surface area contributed by atoms with E-state index in [0.29, 0.717) is 41.9 Å². The van der Waals surface area contributed by atoms with Crippen molar-refractivity contribution in [2.45, 2.75) is 100 Å². The Morgan fingerprint density at radius 3 is 1.44 bits per heavy atom. The van der Waals surface area contributed by atoms with E-state index in [9.17, 15) is 0 Å². The van der Waals surface area contributed by atoms with Crippen molar-refractivity contribution in [1.29, 1.82) is 0 Å². The Hall–Kier alpha value is -0.195. The quantitative estimate of drug-likeness (QED) is 0.265. The van der Waals surface area contributed by atoms with Crippen LogP contribution < -0.4 is 0 Å². The normalized spacial score (nSPS) is 40.4. The third kappa shape index (κ3) is 7.36. The van der Waals surface area contributed by atoms with Crippen LogP contribution in [0.5, 0.6) is 0 Å². The van der Waals surface area contributed by atoms with Crippen molar-refractivity contribution >= 4 is 38.1 Å². The van der Waals surface area contributed by atoms with Crippen molar-refractivity contribution < 1.29 is 31.9 Å². The summed E-state index contributed by atoms with van der Waals surface area (Å²) in [6.07, 6.45) is 36.1. The van der Waals surface area contributed by atoms with E-state index in [1.54, 1.807) is 0 Å². The molecule has 3 saturated heterocycles. The summed E-state index contributed by atoms with van der Waals surface area (Å²) in [7, 11) is 19.3. The van der Waals surface area contributed by atoms with E-state index in [0.717, 1.165) is 32.5 Å². The van der Waals surface area contributed by atoms with Gasteiger partial charge in [-0.15, -0.1) is 19.6 Å². The molecule has 4 fully saturated rings. The van der Waals surface area contributed by atoms with Gasteiger partial charge < -0.3 is 40.9 Å². The molecule has 1 aliphatic carbocycles. The summed E-state index contributed by atoms with van der Waals surface area (Å²) in [5.74, 6) is 1.67. The molecule has 1 saturated carbocycles. The van der Waals surface area contributed by atoms with Crippen molar-refractivity contribution in [2.75, 3.05) is 19.6 Å². The van der Waals surface area contributed by atoms with E-state index in [1.807, 2.05) is 6.20 Å². The summed E-state index contributed by atoms with van der Waals surface area (Å²) in [5.41, 5.74) is 1.31. The van der Waals surface area contributed by atoms with Crippen LogP contribution in [0, 0.1) is 17.8 Å². The van der Waals surface area contributed by atoms with Crippen molar-refractivity contribution in [3.63, 3.8) is 0 Å². The Balaban J connectivity index is 0.000000568. The third-order valence-electron chi connectivity index (χ3n) is 11.6. The Bertz CT molecular complexity index is 1280. The topological polar surface area (TPSA) is 69.4 Å². The molecule has 0 N–H and O–H groups in total. The van der Waals surface area contributed by atoms with Gasteiger partial charge in [0, 0.05) is 24.2 Å². The molecule has 9 aliphatic rings. The second kappa shape index (κ2) is 17.1. The summed E-state index contributed by atoms with van der Waals surface area (Å²) in [4.78, 5) is 10.6. The minimum absolute atomic E-state index is 0.0796. The molecule has 8 aliphatic heterocycles.